The molecule has 3 rings (SSSR count). The summed E-state index contributed by atoms with van der Waals surface area (Å²) < 4.78 is 39.9. The van der Waals surface area contributed by atoms with Crippen molar-refractivity contribution in [3.8, 4) is 5.69 Å². The van der Waals surface area contributed by atoms with E-state index in [-0.39, 0.29) is 11.9 Å². The van der Waals surface area contributed by atoms with E-state index in [0.29, 0.717) is 11.1 Å². The molecule has 0 N–H and O–H groups in total. The lowest BCUT2D eigenvalue weighted by molar-refractivity contribution is -0.137. The van der Waals surface area contributed by atoms with Crippen molar-refractivity contribution in [3.63, 3.8) is 0 Å². The van der Waals surface area contributed by atoms with Crippen molar-refractivity contribution in [3.05, 3.63) is 83.9 Å². The van der Waals surface area contributed by atoms with Gasteiger partial charge >= 0.3 is 6.18 Å². The van der Waals surface area contributed by atoms with Crippen molar-refractivity contribution in [1.29, 1.82) is 0 Å². The van der Waals surface area contributed by atoms with Gasteiger partial charge in [-0.05, 0) is 48.9 Å². The van der Waals surface area contributed by atoms with Crippen LogP contribution in [0.2, 0.25) is 0 Å². The number of hydrogen-bond acceptors (Lipinski definition) is 2. The quantitative estimate of drug-likeness (QED) is 0.663. The third-order valence-electron chi connectivity index (χ3n) is 4.54. The highest BCUT2D eigenvalue weighted by atomic mass is 19.4. The largest absolute Gasteiger partial charge is 0.416 e. The van der Waals surface area contributed by atoms with Crippen LogP contribution in [0.1, 0.15) is 34.5 Å². The van der Waals surface area contributed by atoms with Gasteiger partial charge in [-0.3, -0.25) is 4.79 Å². The van der Waals surface area contributed by atoms with E-state index in [1.54, 1.807) is 44.8 Å². The van der Waals surface area contributed by atoms with E-state index in [1.807, 2.05) is 16.7 Å². The zero-order valence-corrected chi connectivity index (χ0v) is 14.8. The lowest BCUT2D eigenvalue weighted by atomic mass is 10.0. The number of imidazole rings is 1. The van der Waals surface area contributed by atoms with Gasteiger partial charge in [-0.25, -0.2) is 4.98 Å². The van der Waals surface area contributed by atoms with Crippen molar-refractivity contribution in [2.24, 2.45) is 0 Å². The number of carbonyl (C=O) groups excluding carboxylic acids is 1. The molecular weight excluding hydrogens is 355 g/mol. The van der Waals surface area contributed by atoms with E-state index in [4.69, 9.17) is 0 Å². The average molecular weight is 373 g/mol. The Labute approximate surface area is 154 Å². The number of carbonyl (C=O) groups is 1. The highest BCUT2D eigenvalue weighted by molar-refractivity contribution is 5.94. The topological polar surface area (TPSA) is 38.1 Å². The van der Waals surface area contributed by atoms with Crippen LogP contribution in [0.25, 0.3) is 5.69 Å². The molecule has 0 saturated heterocycles. The summed E-state index contributed by atoms with van der Waals surface area (Å²) in [5.41, 5.74) is 1.30. The fourth-order valence-electron chi connectivity index (χ4n) is 2.74. The summed E-state index contributed by atoms with van der Waals surface area (Å²) >= 11 is 0. The molecule has 0 spiro atoms. The first-order valence-corrected chi connectivity index (χ1v) is 8.30. The monoisotopic (exact) mass is 373 g/mol. The molecule has 7 heteroatoms. The van der Waals surface area contributed by atoms with Gasteiger partial charge in [0.15, 0.2) is 0 Å². The number of hydrogen-bond donors (Lipinski definition) is 0. The molecule has 0 fully saturated rings. The van der Waals surface area contributed by atoms with Crippen LogP contribution in [0.15, 0.2) is 67.3 Å². The van der Waals surface area contributed by atoms with Crippen molar-refractivity contribution in [2.75, 3.05) is 7.05 Å². The van der Waals surface area contributed by atoms with E-state index < -0.39 is 11.7 Å². The highest BCUT2D eigenvalue weighted by Crippen LogP contribution is 2.30. The molecule has 0 aliphatic heterocycles. The summed E-state index contributed by atoms with van der Waals surface area (Å²) in [6.07, 6.45) is 0.754. The molecule has 4 nitrogen and oxygen atoms in total. The van der Waals surface area contributed by atoms with Crippen molar-refractivity contribution >= 4 is 5.91 Å². The van der Waals surface area contributed by atoms with Crippen LogP contribution < -0.4 is 0 Å². The minimum absolute atomic E-state index is 0.209. The fraction of sp³-hybridized carbons (Fsp3) is 0.200. The maximum Gasteiger partial charge on any atom is 0.416 e. The van der Waals surface area contributed by atoms with Gasteiger partial charge in [-0.2, -0.15) is 13.2 Å². The first-order chi connectivity index (χ1) is 12.8. The molecule has 0 aliphatic rings. The Kier molecular flexibility index (Phi) is 5.03. The predicted octanol–water partition coefficient (Wildman–Crippen LogP) is 4.72. The molecule has 0 saturated carbocycles. The second-order valence-corrected chi connectivity index (χ2v) is 6.23. The van der Waals surface area contributed by atoms with Gasteiger partial charge in [0, 0.05) is 30.7 Å². The Morgan fingerprint density at radius 2 is 1.70 bits per heavy atom. The van der Waals surface area contributed by atoms with Gasteiger partial charge in [-0.1, -0.05) is 12.1 Å². The summed E-state index contributed by atoms with van der Waals surface area (Å²) in [6, 6.07) is 11.6. The maximum atomic E-state index is 12.7. The number of nitrogens with zero attached hydrogens (tertiary/aromatic N) is 3. The molecule has 1 amide bonds. The zero-order valence-electron chi connectivity index (χ0n) is 14.8. The van der Waals surface area contributed by atoms with E-state index in [0.717, 1.165) is 17.8 Å². The minimum Gasteiger partial charge on any atom is -0.335 e. The summed E-state index contributed by atoms with van der Waals surface area (Å²) in [7, 11) is 1.63. The molecule has 0 bridgehead atoms. The second kappa shape index (κ2) is 7.26. The van der Waals surface area contributed by atoms with E-state index in [2.05, 4.69) is 4.98 Å². The lowest BCUT2D eigenvalue weighted by Gasteiger charge is -2.26. The van der Waals surface area contributed by atoms with Crippen molar-refractivity contribution < 1.29 is 18.0 Å². The first-order valence-electron chi connectivity index (χ1n) is 8.30. The fourth-order valence-corrected chi connectivity index (χ4v) is 2.74. The van der Waals surface area contributed by atoms with Crippen molar-refractivity contribution in [2.45, 2.75) is 19.1 Å². The van der Waals surface area contributed by atoms with Crippen LogP contribution in [0.5, 0.6) is 0 Å². The molecule has 1 heterocycles. The normalized spacial score (nSPS) is 12.6. The number of amides is 1. The highest BCUT2D eigenvalue weighted by Gasteiger charge is 2.30. The van der Waals surface area contributed by atoms with Crippen LogP contribution in [0.4, 0.5) is 13.2 Å². The Hall–Kier alpha value is -3.09. The first kappa shape index (κ1) is 18.7. The number of halogens is 3. The number of rotatable bonds is 4. The van der Waals surface area contributed by atoms with Gasteiger partial charge in [0.1, 0.15) is 0 Å². The van der Waals surface area contributed by atoms with Gasteiger partial charge in [0.2, 0.25) is 0 Å². The van der Waals surface area contributed by atoms with E-state index in [1.165, 1.54) is 17.0 Å². The van der Waals surface area contributed by atoms with Gasteiger partial charge in [0.25, 0.3) is 5.91 Å². The molecule has 0 aliphatic carbocycles. The molecule has 1 atom stereocenters. The van der Waals surface area contributed by atoms with Gasteiger partial charge in [0.05, 0.1) is 17.9 Å². The molecule has 1 aromatic heterocycles. The Morgan fingerprint density at radius 1 is 1.07 bits per heavy atom. The average Bonchev–Trinajstić information content (AvgIpc) is 3.20. The van der Waals surface area contributed by atoms with Gasteiger partial charge in [-0.15, -0.1) is 0 Å². The Balaban J connectivity index is 1.74. The molecular formula is C20H18F3N3O. The zero-order chi connectivity index (χ0) is 19.6. The summed E-state index contributed by atoms with van der Waals surface area (Å²) in [5, 5.41) is 0. The maximum absolute atomic E-state index is 12.7. The lowest BCUT2D eigenvalue weighted by Crippen LogP contribution is -2.29. The van der Waals surface area contributed by atoms with E-state index >= 15 is 0 Å². The van der Waals surface area contributed by atoms with Gasteiger partial charge < -0.3 is 9.47 Å². The second-order valence-electron chi connectivity index (χ2n) is 6.23. The summed E-state index contributed by atoms with van der Waals surface area (Å²) in [4.78, 5) is 18.2. The number of aromatic nitrogens is 2. The van der Waals surface area contributed by atoms with E-state index in [9.17, 15) is 18.0 Å². The molecule has 27 heavy (non-hydrogen) atoms. The van der Waals surface area contributed by atoms with Crippen LogP contribution in [0.3, 0.4) is 0 Å². The number of alkyl halides is 3. The molecule has 140 valence electrons. The molecule has 1 unspecified atom stereocenters. The molecule has 2 aromatic carbocycles. The SMILES string of the molecule is CC(c1ccc(C(F)(F)F)cc1)N(C)C(=O)c1ccc(-n2ccnc2)cc1. The number of benzene rings is 2. The molecule has 0 radical (unpaired) electrons. The standard InChI is InChI=1S/C20H18F3N3O/c1-14(15-3-7-17(8-4-15)20(21,22)23)25(2)19(27)16-5-9-18(10-6-16)26-12-11-24-13-26/h3-14H,1-2H3. The smallest absolute Gasteiger partial charge is 0.335 e. The Bertz CT molecular complexity index is 901. The predicted molar refractivity (Wildman–Crippen MR) is 95.5 cm³/mol. The Morgan fingerprint density at radius 3 is 2.22 bits per heavy atom. The van der Waals surface area contributed by atoms with Crippen LogP contribution in [-0.4, -0.2) is 27.4 Å². The van der Waals surface area contributed by atoms with Crippen LogP contribution >= 0.6 is 0 Å². The van der Waals surface area contributed by atoms with Crippen LogP contribution in [0, 0.1) is 0 Å². The third kappa shape index (κ3) is 4.02. The minimum atomic E-state index is -4.37. The van der Waals surface area contributed by atoms with Crippen LogP contribution in [-0.2, 0) is 6.18 Å². The summed E-state index contributed by atoms with van der Waals surface area (Å²) in [5.74, 6) is -0.209. The summed E-state index contributed by atoms with van der Waals surface area (Å²) in [6.45, 7) is 1.78. The van der Waals surface area contributed by atoms with Crippen molar-refractivity contribution in [1.82, 2.24) is 14.5 Å². The third-order valence-corrected chi connectivity index (χ3v) is 4.54. The molecule has 3 aromatic rings.